The SMILES string of the molecule is O=C1Cn2c(c(C3CCCCC3F)c3ccc(C(=O)O)cc32)-c2ccc(F)cc2N1. The van der Waals surface area contributed by atoms with Gasteiger partial charge in [-0.1, -0.05) is 18.9 Å². The molecule has 0 bridgehead atoms. The molecule has 154 valence electrons. The molecule has 30 heavy (non-hydrogen) atoms. The number of carbonyl (C=O) groups excluding carboxylic acids is 1. The largest absolute Gasteiger partial charge is 0.478 e. The Morgan fingerprint density at radius 3 is 2.70 bits per heavy atom. The number of carboxylic acids is 1. The average molecular weight is 410 g/mol. The number of rotatable bonds is 2. The van der Waals surface area contributed by atoms with E-state index >= 15 is 4.39 Å². The van der Waals surface area contributed by atoms with Crippen molar-refractivity contribution in [2.24, 2.45) is 0 Å². The number of nitrogens with one attached hydrogen (secondary N) is 1. The van der Waals surface area contributed by atoms with Crippen LogP contribution in [-0.2, 0) is 11.3 Å². The van der Waals surface area contributed by atoms with E-state index in [0.29, 0.717) is 35.3 Å². The van der Waals surface area contributed by atoms with Gasteiger partial charge in [0.2, 0.25) is 5.91 Å². The first-order valence-corrected chi connectivity index (χ1v) is 10.1. The third-order valence-corrected chi connectivity index (χ3v) is 6.22. The zero-order chi connectivity index (χ0) is 21.0. The van der Waals surface area contributed by atoms with E-state index in [-0.39, 0.29) is 23.9 Å². The van der Waals surface area contributed by atoms with Crippen LogP contribution in [0, 0.1) is 5.82 Å². The number of halogens is 2. The summed E-state index contributed by atoms with van der Waals surface area (Å²) in [7, 11) is 0. The minimum atomic E-state index is -1.07. The molecule has 2 aromatic carbocycles. The van der Waals surface area contributed by atoms with Crippen LogP contribution in [0.1, 0.15) is 47.5 Å². The van der Waals surface area contributed by atoms with E-state index in [4.69, 9.17) is 0 Å². The number of carboxylic acid groups (broad SMARTS) is 1. The van der Waals surface area contributed by atoms with Crippen LogP contribution in [0.3, 0.4) is 0 Å². The lowest BCUT2D eigenvalue weighted by molar-refractivity contribution is -0.116. The van der Waals surface area contributed by atoms with E-state index in [9.17, 15) is 19.1 Å². The van der Waals surface area contributed by atoms with Gasteiger partial charge in [-0.05, 0) is 48.7 Å². The van der Waals surface area contributed by atoms with Gasteiger partial charge in [0.05, 0.1) is 22.5 Å². The molecule has 2 unspecified atom stereocenters. The van der Waals surface area contributed by atoms with Crippen LogP contribution in [0.5, 0.6) is 0 Å². The monoisotopic (exact) mass is 410 g/mol. The molecule has 0 radical (unpaired) electrons. The summed E-state index contributed by atoms with van der Waals surface area (Å²) < 4.78 is 30.7. The molecule has 1 saturated carbocycles. The maximum absolute atomic E-state index is 15.1. The molecule has 1 aliphatic heterocycles. The molecule has 5 nitrogen and oxygen atoms in total. The third-order valence-electron chi connectivity index (χ3n) is 6.22. The predicted molar refractivity (Wildman–Crippen MR) is 109 cm³/mol. The number of nitrogens with zero attached hydrogens (tertiary/aromatic N) is 1. The number of fused-ring (bicyclic) bond motifs is 5. The van der Waals surface area contributed by atoms with Gasteiger partial charge in [-0.2, -0.15) is 0 Å². The fourth-order valence-corrected chi connectivity index (χ4v) is 4.91. The molecule has 5 rings (SSSR count). The number of hydrogen-bond acceptors (Lipinski definition) is 2. The van der Waals surface area contributed by atoms with Crippen LogP contribution in [0.25, 0.3) is 22.2 Å². The van der Waals surface area contributed by atoms with E-state index in [1.807, 2.05) is 0 Å². The van der Waals surface area contributed by atoms with Crippen LogP contribution >= 0.6 is 0 Å². The van der Waals surface area contributed by atoms with E-state index in [2.05, 4.69) is 5.32 Å². The molecule has 1 aromatic heterocycles. The second-order valence-electron chi connectivity index (χ2n) is 8.03. The number of benzene rings is 2. The summed E-state index contributed by atoms with van der Waals surface area (Å²) in [6.45, 7) is -0.0606. The summed E-state index contributed by atoms with van der Waals surface area (Å²) in [5.74, 6) is -2.26. The number of alkyl halides is 1. The molecular weight excluding hydrogens is 390 g/mol. The maximum atomic E-state index is 15.1. The number of amides is 1. The molecule has 7 heteroatoms. The molecule has 1 amide bonds. The Hall–Kier alpha value is -3.22. The van der Waals surface area contributed by atoms with Gasteiger partial charge < -0.3 is 15.0 Å². The van der Waals surface area contributed by atoms with Crippen molar-refractivity contribution in [3.63, 3.8) is 0 Å². The Morgan fingerprint density at radius 2 is 1.93 bits per heavy atom. The van der Waals surface area contributed by atoms with Gasteiger partial charge in [-0.15, -0.1) is 0 Å². The van der Waals surface area contributed by atoms with Crippen LogP contribution in [0.4, 0.5) is 14.5 Å². The number of anilines is 1. The number of aromatic carboxylic acids is 1. The maximum Gasteiger partial charge on any atom is 0.335 e. The Balaban J connectivity index is 1.88. The second-order valence-corrected chi connectivity index (χ2v) is 8.03. The Morgan fingerprint density at radius 1 is 1.13 bits per heavy atom. The molecule has 2 N–H and O–H groups in total. The number of carbonyl (C=O) groups is 2. The second kappa shape index (κ2) is 6.93. The van der Waals surface area contributed by atoms with Gasteiger partial charge >= 0.3 is 5.97 Å². The van der Waals surface area contributed by atoms with Crippen LogP contribution < -0.4 is 5.32 Å². The van der Waals surface area contributed by atoms with E-state index in [1.165, 1.54) is 24.3 Å². The molecule has 2 aliphatic rings. The minimum absolute atomic E-state index is 0.0606. The van der Waals surface area contributed by atoms with E-state index in [0.717, 1.165) is 23.8 Å². The van der Waals surface area contributed by atoms with Gasteiger partial charge in [-0.3, -0.25) is 4.79 Å². The quantitative estimate of drug-likeness (QED) is 0.618. The Labute approximate surface area is 171 Å². The van der Waals surface area contributed by atoms with Crippen molar-refractivity contribution in [2.45, 2.75) is 44.3 Å². The number of hydrogen-bond donors (Lipinski definition) is 2. The molecular formula is C23H20F2N2O3. The highest BCUT2D eigenvalue weighted by atomic mass is 19.1. The lowest BCUT2D eigenvalue weighted by Gasteiger charge is -2.27. The predicted octanol–water partition coefficient (Wildman–Crippen LogP) is 5.09. The van der Waals surface area contributed by atoms with Gasteiger partial charge in [0.15, 0.2) is 0 Å². The average Bonchev–Trinajstić information content (AvgIpc) is 2.93. The topological polar surface area (TPSA) is 71.3 Å². The van der Waals surface area contributed by atoms with Crippen molar-refractivity contribution in [1.29, 1.82) is 0 Å². The van der Waals surface area contributed by atoms with Gasteiger partial charge in [0.1, 0.15) is 18.5 Å². The molecule has 0 spiro atoms. The first kappa shape index (κ1) is 18.8. The van der Waals surface area contributed by atoms with E-state index < -0.39 is 18.0 Å². The van der Waals surface area contributed by atoms with E-state index in [1.54, 1.807) is 16.7 Å². The van der Waals surface area contributed by atoms with Crippen molar-refractivity contribution < 1.29 is 23.5 Å². The minimum Gasteiger partial charge on any atom is -0.478 e. The summed E-state index contributed by atoms with van der Waals surface area (Å²) in [6.07, 6.45) is 1.85. The zero-order valence-corrected chi connectivity index (χ0v) is 16.1. The van der Waals surface area contributed by atoms with Crippen LogP contribution in [0.15, 0.2) is 36.4 Å². The number of aromatic nitrogens is 1. The zero-order valence-electron chi connectivity index (χ0n) is 16.1. The highest BCUT2D eigenvalue weighted by molar-refractivity contribution is 6.04. The van der Waals surface area contributed by atoms with Gasteiger partial charge in [-0.25, -0.2) is 13.6 Å². The lowest BCUT2D eigenvalue weighted by Crippen LogP contribution is -2.19. The fourth-order valence-electron chi connectivity index (χ4n) is 4.91. The van der Waals surface area contributed by atoms with Crippen molar-refractivity contribution in [3.05, 3.63) is 53.3 Å². The van der Waals surface area contributed by atoms with Crippen LogP contribution in [-0.4, -0.2) is 27.7 Å². The summed E-state index contributed by atoms with van der Waals surface area (Å²) in [5.41, 5.74) is 3.06. The molecule has 1 aliphatic carbocycles. The Kier molecular flexibility index (Phi) is 4.34. The first-order valence-electron chi connectivity index (χ1n) is 10.1. The molecule has 1 fully saturated rings. The first-order chi connectivity index (χ1) is 14.4. The standard InChI is InChI=1S/C23H20F2N2O3/c24-13-6-8-15-18(10-13)26-20(28)11-27-19-9-12(23(29)30)5-7-16(19)21(22(15)27)14-3-1-2-4-17(14)25/h5-10,14,17H,1-4,11H2,(H,26,28)(H,29,30). The normalized spacial score (nSPS) is 20.9. The van der Waals surface area contributed by atoms with Crippen molar-refractivity contribution in [3.8, 4) is 11.3 Å². The van der Waals surface area contributed by atoms with Crippen molar-refractivity contribution >= 4 is 28.5 Å². The molecule has 2 atom stereocenters. The third kappa shape index (κ3) is 2.88. The van der Waals surface area contributed by atoms with Crippen molar-refractivity contribution in [2.75, 3.05) is 5.32 Å². The smallest absolute Gasteiger partial charge is 0.335 e. The fraction of sp³-hybridized carbons (Fsp3) is 0.304. The molecule has 3 aromatic rings. The Bertz CT molecular complexity index is 1200. The highest BCUT2D eigenvalue weighted by Gasteiger charge is 2.35. The highest BCUT2D eigenvalue weighted by Crippen LogP contribution is 2.47. The summed E-state index contributed by atoms with van der Waals surface area (Å²) in [5, 5.41) is 12.9. The lowest BCUT2D eigenvalue weighted by atomic mass is 9.80. The van der Waals surface area contributed by atoms with Crippen LogP contribution in [0.2, 0.25) is 0 Å². The van der Waals surface area contributed by atoms with Gasteiger partial charge in [0.25, 0.3) is 0 Å². The molecule has 2 heterocycles. The van der Waals surface area contributed by atoms with Gasteiger partial charge in [0, 0.05) is 16.9 Å². The van der Waals surface area contributed by atoms with Crippen molar-refractivity contribution in [1.82, 2.24) is 4.57 Å². The summed E-state index contributed by atoms with van der Waals surface area (Å²) in [4.78, 5) is 24.1. The summed E-state index contributed by atoms with van der Waals surface area (Å²) in [6, 6.07) is 8.93. The molecule has 0 saturated heterocycles. The summed E-state index contributed by atoms with van der Waals surface area (Å²) >= 11 is 0.